The number of aliphatic hydroxyl groups is 1. The lowest BCUT2D eigenvalue weighted by molar-refractivity contribution is -0.168. The zero-order chi connectivity index (χ0) is 22.2. The Balaban J connectivity index is 1.53. The highest BCUT2D eigenvalue weighted by molar-refractivity contribution is 9.11. The molecule has 0 aliphatic carbocycles. The van der Waals surface area contributed by atoms with Gasteiger partial charge in [-0.05, 0) is 34.8 Å². The minimum Gasteiger partial charge on any atom is -0.391 e. The van der Waals surface area contributed by atoms with Crippen LogP contribution in [0.25, 0.3) is 10.2 Å². The number of nitrogens with zero attached hydrogens (tertiary/aromatic N) is 6. The monoisotopic (exact) mass is 519 g/mol. The van der Waals surface area contributed by atoms with Gasteiger partial charge in [-0.2, -0.15) is 18.2 Å². The fraction of sp³-hybridized carbons (Fsp3) is 0.556. The molecular formula is C18H21BrF3N7OS. The number of nitrogens with one attached hydrogen (secondary N) is 1. The van der Waals surface area contributed by atoms with E-state index in [9.17, 15) is 18.3 Å². The molecule has 0 radical (unpaired) electrons. The SMILES string of the molecule is CCC(O)Cn1cc(CNc2nc(N3CC[C@@H](C(F)(F)F)C3)c3sc(Br)cc3n2)nn1. The molecule has 4 rings (SSSR count). The summed E-state index contributed by atoms with van der Waals surface area (Å²) in [5, 5.41) is 20.9. The van der Waals surface area contributed by atoms with Gasteiger partial charge in [0, 0.05) is 13.1 Å². The Morgan fingerprint density at radius 3 is 2.90 bits per heavy atom. The van der Waals surface area contributed by atoms with E-state index in [0.29, 0.717) is 49.0 Å². The van der Waals surface area contributed by atoms with Gasteiger partial charge in [0.25, 0.3) is 0 Å². The van der Waals surface area contributed by atoms with E-state index in [1.807, 2.05) is 13.0 Å². The number of alkyl halides is 3. The van der Waals surface area contributed by atoms with Crippen LogP contribution >= 0.6 is 27.3 Å². The maximum atomic E-state index is 13.2. The Hall–Kier alpha value is -1.99. The molecule has 8 nitrogen and oxygen atoms in total. The molecule has 2 atom stereocenters. The van der Waals surface area contributed by atoms with E-state index in [0.717, 1.165) is 8.49 Å². The summed E-state index contributed by atoms with van der Waals surface area (Å²) < 4.78 is 42.6. The minimum absolute atomic E-state index is 0.0526. The first-order valence-corrected chi connectivity index (χ1v) is 11.4. The first-order chi connectivity index (χ1) is 14.7. The molecule has 1 saturated heterocycles. The van der Waals surface area contributed by atoms with E-state index >= 15 is 0 Å². The molecule has 3 aromatic heterocycles. The van der Waals surface area contributed by atoms with Crippen LogP contribution in [-0.2, 0) is 13.1 Å². The van der Waals surface area contributed by atoms with Crippen molar-refractivity contribution >= 4 is 49.2 Å². The fourth-order valence-corrected chi connectivity index (χ4v) is 4.97. The van der Waals surface area contributed by atoms with E-state index in [1.165, 1.54) is 11.3 Å². The average molecular weight is 520 g/mol. The number of aliphatic hydroxyl groups excluding tert-OH is 1. The second kappa shape index (κ2) is 8.87. The molecule has 1 aliphatic rings. The average Bonchev–Trinajstić information content (AvgIpc) is 3.44. The van der Waals surface area contributed by atoms with Crippen molar-refractivity contribution in [3.63, 3.8) is 0 Å². The molecule has 0 saturated carbocycles. The second-order valence-electron chi connectivity index (χ2n) is 7.46. The Morgan fingerprint density at radius 2 is 2.19 bits per heavy atom. The smallest absolute Gasteiger partial charge is 0.391 e. The van der Waals surface area contributed by atoms with Gasteiger partial charge in [-0.15, -0.1) is 16.4 Å². The van der Waals surface area contributed by atoms with E-state index in [4.69, 9.17) is 0 Å². The summed E-state index contributed by atoms with van der Waals surface area (Å²) in [7, 11) is 0. The summed E-state index contributed by atoms with van der Waals surface area (Å²) in [6, 6.07) is 1.83. The topological polar surface area (TPSA) is 92.0 Å². The third kappa shape index (κ3) is 5.09. The van der Waals surface area contributed by atoms with Gasteiger partial charge in [0.1, 0.15) is 5.69 Å². The number of anilines is 2. The highest BCUT2D eigenvalue weighted by atomic mass is 79.9. The zero-order valence-corrected chi connectivity index (χ0v) is 19.0. The van der Waals surface area contributed by atoms with Crippen LogP contribution in [0.4, 0.5) is 24.9 Å². The van der Waals surface area contributed by atoms with Gasteiger partial charge in [0.15, 0.2) is 5.82 Å². The first-order valence-electron chi connectivity index (χ1n) is 9.82. The summed E-state index contributed by atoms with van der Waals surface area (Å²) >= 11 is 4.83. The van der Waals surface area contributed by atoms with Crippen molar-refractivity contribution in [3.05, 3.63) is 21.7 Å². The molecule has 31 heavy (non-hydrogen) atoms. The predicted molar refractivity (Wildman–Crippen MR) is 115 cm³/mol. The Kier molecular flexibility index (Phi) is 6.35. The van der Waals surface area contributed by atoms with Crippen LogP contribution in [0.2, 0.25) is 0 Å². The second-order valence-corrected chi connectivity index (χ2v) is 9.89. The van der Waals surface area contributed by atoms with Crippen molar-refractivity contribution in [2.75, 3.05) is 23.3 Å². The van der Waals surface area contributed by atoms with Gasteiger partial charge < -0.3 is 15.3 Å². The lowest BCUT2D eigenvalue weighted by Gasteiger charge is -2.20. The van der Waals surface area contributed by atoms with Crippen molar-refractivity contribution in [1.82, 2.24) is 25.0 Å². The number of thiophene rings is 1. The van der Waals surface area contributed by atoms with Crippen LogP contribution in [0.3, 0.4) is 0 Å². The molecule has 4 heterocycles. The van der Waals surface area contributed by atoms with Crippen LogP contribution in [-0.4, -0.2) is 55.4 Å². The Morgan fingerprint density at radius 1 is 1.39 bits per heavy atom. The maximum Gasteiger partial charge on any atom is 0.393 e. The molecule has 2 N–H and O–H groups in total. The van der Waals surface area contributed by atoms with Gasteiger partial charge in [-0.1, -0.05) is 12.1 Å². The summed E-state index contributed by atoms with van der Waals surface area (Å²) in [6.45, 7) is 2.71. The Bertz CT molecular complexity index is 1060. The summed E-state index contributed by atoms with van der Waals surface area (Å²) in [6.07, 6.45) is -2.31. The molecule has 1 fully saturated rings. The van der Waals surface area contributed by atoms with Crippen molar-refractivity contribution in [2.24, 2.45) is 5.92 Å². The summed E-state index contributed by atoms with van der Waals surface area (Å²) in [5.74, 6) is -0.540. The quantitative estimate of drug-likeness (QED) is 0.490. The summed E-state index contributed by atoms with van der Waals surface area (Å²) in [4.78, 5) is 10.7. The summed E-state index contributed by atoms with van der Waals surface area (Å²) in [5.41, 5.74) is 1.30. The third-order valence-corrected chi connectivity index (χ3v) is 6.78. The number of halogens is 4. The van der Waals surface area contributed by atoms with Gasteiger partial charge in [-0.3, -0.25) is 0 Å². The number of aromatic nitrogens is 5. The molecule has 0 aromatic carbocycles. The van der Waals surface area contributed by atoms with Crippen molar-refractivity contribution < 1.29 is 18.3 Å². The number of hydrogen-bond acceptors (Lipinski definition) is 8. The van der Waals surface area contributed by atoms with Gasteiger partial charge in [0.2, 0.25) is 5.95 Å². The number of hydrogen-bond donors (Lipinski definition) is 2. The van der Waals surface area contributed by atoms with Gasteiger partial charge in [-0.25, -0.2) is 9.67 Å². The lowest BCUT2D eigenvalue weighted by atomic mass is 10.1. The molecule has 0 bridgehead atoms. The molecular weight excluding hydrogens is 499 g/mol. The largest absolute Gasteiger partial charge is 0.393 e. The maximum absolute atomic E-state index is 13.2. The molecule has 0 spiro atoms. The third-order valence-electron chi connectivity index (χ3n) is 5.16. The van der Waals surface area contributed by atoms with Crippen LogP contribution in [0.1, 0.15) is 25.5 Å². The van der Waals surface area contributed by atoms with Crippen LogP contribution < -0.4 is 10.2 Å². The van der Waals surface area contributed by atoms with Gasteiger partial charge in [0.05, 0.1) is 45.3 Å². The molecule has 1 unspecified atom stereocenters. The van der Waals surface area contributed by atoms with Crippen molar-refractivity contribution in [1.29, 1.82) is 0 Å². The van der Waals surface area contributed by atoms with E-state index in [-0.39, 0.29) is 13.0 Å². The van der Waals surface area contributed by atoms with Crippen molar-refractivity contribution in [3.8, 4) is 0 Å². The zero-order valence-electron chi connectivity index (χ0n) is 16.6. The molecule has 1 aliphatic heterocycles. The van der Waals surface area contributed by atoms with Gasteiger partial charge >= 0.3 is 6.18 Å². The Labute approximate surface area is 188 Å². The number of rotatable bonds is 7. The van der Waals surface area contributed by atoms with Crippen molar-refractivity contribution in [2.45, 2.75) is 45.1 Å². The lowest BCUT2D eigenvalue weighted by Crippen LogP contribution is -2.28. The van der Waals surface area contributed by atoms with Crippen LogP contribution in [0.5, 0.6) is 0 Å². The normalized spacial score (nSPS) is 18.1. The first kappa shape index (κ1) is 22.2. The fourth-order valence-electron chi connectivity index (χ4n) is 3.42. The van der Waals surface area contributed by atoms with E-state index in [1.54, 1.807) is 15.8 Å². The molecule has 168 valence electrons. The highest BCUT2D eigenvalue weighted by Crippen LogP contribution is 2.40. The predicted octanol–water partition coefficient (Wildman–Crippen LogP) is 3.82. The molecule has 13 heteroatoms. The van der Waals surface area contributed by atoms with Crippen LogP contribution in [0.15, 0.2) is 16.0 Å². The van der Waals surface area contributed by atoms with E-state index < -0.39 is 18.2 Å². The van der Waals surface area contributed by atoms with Crippen LogP contribution in [0, 0.1) is 5.92 Å². The molecule has 3 aromatic rings. The van der Waals surface area contributed by atoms with E-state index in [2.05, 4.69) is 41.5 Å². The minimum atomic E-state index is -4.21. The molecule has 0 amide bonds. The standard InChI is InChI=1S/C18H21BrF3N7OS/c1-2-12(30)9-29-8-11(26-27-29)6-23-17-24-13-5-14(19)31-15(13)16(25-17)28-4-3-10(7-28)18(20,21)22/h5,8,10,12,30H,2-4,6-7,9H2,1H3,(H,23,24,25)/t10-,12?/m1/s1. The highest BCUT2D eigenvalue weighted by Gasteiger charge is 2.44. The number of fused-ring (bicyclic) bond motifs is 1.